The second-order valence-electron chi connectivity index (χ2n) is 10.9. The Labute approximate surface area is 253 Å². The van der Waals surface area contributed by atoms with Crippen LogP contribution >= 0.6 is 12.4 Å². The lowest BCUT2D eigenvalue weighted by Crippen LogP contribution is -2.50. The molecule has 1 unspecified atom stereocenters. The Morgan fingerprint density at radius 3 is 2.79 bits per heavy atom. The topological polar surface area (TPSA) is 148 Å². The van der Waals surface area contributed by atoms with E-state index < -0.39 is 5.41 Å². The molecule has 0 radical (unpaired) electrons. The van der Waals surface area contributed by atoms with Crippen molar-refractivity contribution in [3.8, 4) is 11.5 Å². The van der Waals surface area contributed by atoms with Gasteiger partial charge in [0.2, 0.25) is 11.8 Å². The molecule has 1 fully saturated rings. The van der Waals surface area contributed by atoms with Gasteiger partial charge in [-0.1, -0.05) is 18.9 Å². The smallest absolute Gasteiger partial charge is 0.257 e. The Morgan fingerprint density at radius 1 is 1.19 bits per heavy atom. The summed E-state index contributed by atoms with van der Waals surface area (Å²) in [4.78, 5) is 39.2. The van der Waals surface area contributed by atoms with Crippen molar-refractivity contribution in [2.75, 3.05) is 46.4 Å². The predicted octanol–water partition coefficient (Wildman–Crippen LogP) is 1.41. The van der Waals surface area contributed by atoms with Crippen molar-refractivity contribution in [3.63, 3.8) is 0 Å². The summed E-state index contributed by atoms with van der Waals surface area (Å²) in [5.41, 5.74) is 0.00429. The van der Waals surface area contributed by atoms with Gasteiger partial charge in [-0.15, -0.1) is 22.6 Å². The summed E-state index contributed by atoms with van der Waals surface area (Å²) in [6.45, 7) is 4.98. The summed E-state index contributed by atoms with van der Waals surface area (Å²) in [6.07, 6.45) is 6.46. The van der Waals surface area contributed by atoms with E-state index in [0.717, 1.165) is 30.8 Å². The summed E-state index contributed by atoms with van der Waals surface area (Å²) in [7, 11) is 1.55. The Hall–Kier alpha value is -3.38. The molecule has 4 N–H and O–H groups in total. The average molecular weight is 606 g/mol. The maximum atomic E-state index is 14.0. The van der Waals surface area contributed by atoms with Gasteiger partial charge in [0.1, 0.15) is 12.2 Å². The second kappa shape index (κ2) is 16.3. The van der Waals surface area contributed by atoms with Crippen molar-refractivity contribution in [2.45, 2.75) is 58.4 Å². The molecule has 42 heavy (non-hydrogen) atoms. The number of ether oxygens (including phenoxy) is 2. The molecule has 0 saturated heterocycles. The van der Waals surface area contributed by atoms with Crippen LogP contribution in [0.4, 0.5) is 0 Å². The van der Waals surface area contributed by atoms with Gasteiger partial charge in [0.05, 0.1) is 12.5 Å². The molecule has 1 aliphatic carbocycles. The van der Waals surface area contributed by atoms with Gasteiger partial charge in [0.15, 0.2) is 18.1 Å². The van der Waals surface area contributed by atoms with Gasteiger partial charge in [-0.2, -0.15) is 0 Å². The van der Waals surface area contributed by atoms with E-state index in [1.165, 1.54) is 0 Å². The number of aryl methyl sites for hydroxylation is 1. The van der Waals surface area contributed by atoms with E-state index in [-0.39, 0.29) is 43.3 Å². The highest BCUT2D eigenvalue weighted by atomic mass is 35.5. The SMILES string of the molecule is CCn1cnnc1CCNC(=O)C1(CC2CC2)CNC(=O)CCCNCCNC(=O)COc2cc(ccc2OC)C1.Cl. The highest BCUT2D eigenvalue weighted by molar-refractivity contribution is 5.85. The van der Waals surface area contributed by atoms with Crippen LogP contribution in [-0.2, 0) is 33.8 Å². The lowest BCUT2D eigenvalue weighted by atomic mass is 9.75. The molecule has 4 rings (SSSR count). The van der Waals surface area contributed by atoms with Gasteiger partial charge in [-0.25, -0.2) is 0 Å². The van der Waals surface area contributed by atoms with Gasteiger partial charge < -0.3 is 35.3 Å². The zero-order chi connectivity index (χ0) is 29.1. The monoisotopic (exact) mass is 605 g/mol. The van der Waals surface area contributed by atoms with E-state index >= 15 is 0 Å². The first-order chi connectivity index (χ1) is 19.9. The van der Waals surface area contributed by atoms with Crippen molar-refractivity contribution in [2.24, 2.45) is 11.3 Å². The zero-order valence-electron chi connectivity index (χ0n) is 24.6. The maximum Gasteiger partial charge on any atom is 0.257 e. The van der Waals surface area contributed by atoms with E-state index in [9.17, 15) is 14.4 Å². The van der Waals surface area contributed by atoms with Crippen LogP contribution in [0.25, 0.3) is 0 Å². The molecule has 2 aromatic rings. The number of rotatable bonds is 8. The minimum atomic E-state index is -0.859. The maximum absolute atomic E-state index is 14.0. The van der Waals surface area contributed by atoms with E-state index in [4.69, 9.17) is 9.47 Å². The number of amides is 3. The van der Waals surface area contributed by atoms with Crippen LogP contribution < -0.4 is 30.7 Å². The lowest BCUT2D eigenvalue weighted by Gasteiger charge is -2.33. The first-order valence-electron chi connectivity index (χ1n) is 14.6. The highest BCUT2D eigenvalue weighted by Gasteiger charge is 2.43. The van der Waals surface area contributed by atoms with Crippen LogP contribution in [0.2, 0.25) is 0 Å². The Morgan fingerprint density at radius 2 is 2.02 bits per heavy atom. The molecule has 12 nitrogen and oxygen atoms in total. The van der Waals surface area contributed by atoms with Crippen molar-refractivity contribution in [3.05, 3.63) is 35.9 Å². The molecule has 232 valence electrons. The molecule has 1 aromatic heterocycles. The van der Waals surface area contributed by atoms with Crippen LogP contribution in [-0.4, -0.2) is 78.9 Å². The van der Waals surface area contributed by atoms with Crippen LogP contribution in [0, 0.1) is 11.3 Å². The Kier molecular flexibility index (Phi) is 12.9. The molecule has 13 heteroatoms. The quantitative estimate of drug-likeness (QED) is 0.353. The molecule has 1 aromatic carbocycles. The molecule has 3 amide bonds. The van der Waals surface area contributed by atoms with Crippen LogP contribution in [0.15, 0.2) is 24.5 Å². The third-order valence-corrected chi connectivity index (χ3v) is 7.66. The normalized spacial score (nSPS) is 20.5. The molecule has 1 saturated carbocycles. The third-order valence-electron chi connectivity index (χ3n) is 7.66. The number of benzene rings is 1. The molecule has 1 atom stereocenters. The molecule has 0 spiro atoms. The number of carbonyl (C=O) groups excluding carboxylic acids is 3. The summed E-state index contributed by atoms with van der Waals surface area (Å²) >= 11 is 0. The first-order valence-corrected chi connectivity index (χ1v) is 14.6. The summed E-state index contributed by atoms with van der Waals surface area (Å²) in [6, 6.07) is 5.54. The first kappa shape index (κ1) is 33.1. The number of methoxy groups -OCH3 is 1. The van der Waals surface area contributed by atoms with E-state index in [1.54, 1.807) is 19.5 Å². The lowest BCUT2D eigenvalue weighted by molar-refractivity contribution is -0.132. The summed E-state index contributed by atoms with van der Waals surface area (Å²) in [5, 5.41) is 20.4. The van der Waals surface area contributed by atoms with Gasteiger partial charge in [0, 0.05) is 45.6 Å². The van der Waals surface area contributed by atoms with Crippen molar-refractivity contribution in [1.82, 2.24) is 36.0 Å². The van der Waals surface area contributed by atoms with Gasteiger partial charge in [0.25, 0.3) is 5.91 Å². The number of fused-ring (bicyclic) bond motifs is 2. The number of nitrogens with one attached hydrogen (secondary N) is 4. The number of carbonyl (C=O) groups is 3. The second-order valence-corrected chi connectivity index (χ2v) is 10.9. The van der Waals surface area contributed by atoms with Gasteiger partial charge >= 0.3 is 0 Å². The fourth-order valence-corrected chi connectivity index (χ4v) is 5.22. The van der Waals surface area contributed by atoms with E-state index in [2.05, 4.69) is 31.5 Å². The summed E-state index contributed by atoms with van der Waals surface area (Å²) < 4.78 is 13.3. The van der Waals surface area contributed by atoms with Crippen molar-refractivity contribution in [1.29, 1.82) is 0 Å². The van der Waals surface area contributed by atoms with E-state index in [0.29, 0.717) is 75.7 Å². The van der Waals surface area contributed by atoms with Crippen LogP contribution in [0.5, 0.6) is 11.5 Å². The Bertz CT molecular complexity index is 1190. The predicted molar refractivity (Wildman–Crippen MR) is 160 cm³/mol. The largest absolute Gasteiger partial charge is 0.493 e. The fourth-order valence-electron chi connectivity index (χ4n) is 5.22. The molecule has 1 aliphatic heterocycles. The number of hydrogen-bond acceptors (Lipinski definition) is 8. The number of aromatic nitrogens is 3. The molecule has 2 heterocycles. The highest BCUT2D eigenvalue weighted by Crippen LogP contribution is 2.43. The minimum Gasteiger partial charge on any atom is -0.493 e. The van der Waals surface area contributed by atoms with Gasteiger partial charge in [-0.05, 0) is 56.3 Å². The molecule has 2 bridgehead atoms. The number of nitrogens with zero attached hydrogens (tertiary/aromatic N) is 3. The van der Waals surface area contributed by atoms with Crippen molar-refractivity contribution >= 4 is 30.1 Å². The molecule has 2 aliphatic rings. The zero-order valence-corrected chi connectivity index (χ0v) is 25.4. The van der Waals surface area contributed by atoms with E-state index in [1.807, 2.05) is 23.6 Å². The van der Waals surface area contributed by atoms with Gasteiger partial charge in [-0.3, -0.25) is 14.4 Å². The standard InChI is InChI=1S/C29H43N7O5.ClH/c1-3-36-20-34-35-25(36)10-12-32-28(39)29(16-21-6-7-21)17-22-8-9-23(40-2)24(15-22)41-18-27(38)31-14-13-30-11-4-5-26(37)33-19-29;/h8-9,15,20-21,30H,3-7,10-14,16-19H2,1-2H3,(H,31,38)(H,32,39)(H,33,37);1H. The number of hydrogen-bond donors (Lipinski definition) is 4. The van der Waals surface area contributed by atoms with Crippen molar-refractivity contribution < 1.29 is 23.9 Å². The third kappa shape index (κ3) is 9.59. The Balaban J connectivity index is 0.00000484. The molecular formula is C29H44ClN7O5. The van der Waals surface area contributed by atoms with Crippen LogP contribution in [0.1, 0.15) is 50.4 Å². The summed E-state index contributed by atoms with van der Waals surface area (Å²) in [5.74, 6) is 1.77. The fraction of sp³-hybridized carbons (Fsp3) is 0.621. The molecular weight excluding hydrogens is 562 g/mol. The number of halogens is 1. The van der Waals surface area contributed by atoms with Crippen LogP contribution in [0.3, 0.4) is 0 Å². The average Bonchev–Trinajstić information content (AvgIpc) is 3.67. The minimum absolute atomic E-state index is 0.